The predicted octanol–water partition coefficient (Wildman–Crippen LogP) is 1.07. The summed E-state index contributed by atoms with van der Waals surface area (Å²) in [7, 11) is 0. The number of rotatable bonds is 6. The molecule has 2 aromatic heterocycles. The molecule has 1 amide bonds. The maximum Gasteiger partial charge on any atom is 0.269 e. The van der Waals surface area contributed by atoms with Crippen molar-refractivity contribution in [3.8, 4) is 0 Å². The van der Waals surface area contributed by atoms with Crippen molar-refractivity contribution in [3.05, 3.63) is 42.6 Å². The molecule has 0 aliphatic carbocycles. The lowest BCUT2D eigenvalue weighted by atomic mass is 10.3. The number of hydrogen-bond donors (Lipinski definition) is 2. The number of carbonyl (C=O) groups is 1. The van der Waals surface area contributed by atoms with Crippen LogP contribution >= 0.6 is 0 Å². The van der Waals surface area contributed by atoms with E-state index in [4.69, 9.17) is 5.73 Å². The fourth-order valence-electron chi connectivity index (χ4n) is 1.71. The third kappa shape index (κ3) is 4.09. The smallest absolute Gasteiger partial charge is 0.269 e. The minimum absolute atomic E-state index is 0.185. The lowest BCUT2D eigenvalue weighted by Crippen LogP contribution is -2.25. The van der Waals surface area contributed by atoms with Gasteiger partial charge in [-0.3, -0.25) is 4.79 Å². The highest BCUT2D eigenvalue weighted by atomic mass is 16.1. The second-order valence-electron chi connectivity index (χ2n) is 4.21. The van der Waals surface area contributed by atoms with Crippen LogP contribution in [-0.2, 0) is 6.54 Å². The maximum atomic E-state index is 11.7. The van der Waals surface area contributed by atoms with Gasteiger partial charge in [-0.25, -0.2) is 9.97 Å². The largest absolute Gasteiger partial charge is 0.384 e. The van der Waals surface area contributed by atoms with E-state index >= 15 is 0 Å². The van der Waals surface area contributed by atoms with Gasteiger partial charge >= 0.3 is 0 Å². The number of aryl methyl sites for hydroxylation is 1. The number of unbranched alkanes of at least 4 members (excludes halogenated alkanes) is 1. The van der Waals surface area contributed by atoms with E-state index in [1.165, 1.54) is 0 Å². The highest BCUT2D eigenvalue weighted by Crippen LogP contribution is 2.00. The molecule has 0 radical (unpaired) electrons. The van der Waals surface area contributed by atoms with E-state index in [9.17, 15) is 4.79 Å². The molecule has 6 heteroatoms. The number of aromatic nitrogens is 3. The molecule has 2 rings (SSSR count). The number of amides is 1. The molecule has 0 saturated heterocycles. The molecule has 0 fully saturated rings. The molecule has 19 heavy (non-hydrogen) atoms. The fraction of sp³-hybridized carbons (Fsp3) is 0.308. The van der Waals surface area contributed by atoms with Gasteiger partial charge in [-0.05, 0) is 25.0 Å². The Morgan fingerprint density at radius 1 is 1.37 bits per heavy atom. The van der Waals surface area contributed by atoms with Gasteiger partial charge in [0, 0.05) is 25.5 Å². The highest BCUT2D eigenvalue weighted by Gasteiger charge is 2.05. The Hall–Kier alpha value is -2.37. The van der Waals surface area contributed by atoms with Crippen molar-refractivity contribution in [3.63, 3.8) is 0 Å². The molecule has 3 N–H and O–H groups in total. The Balaban J connectivity index is 1.67. The maximum absolute atomic E-state index is 11.7. The predicted molar refractivity (Wildman–Crippen MR) is 72.4 cm³/mol. The van der Waals surface area contributed by atoms with Crippen molar-refractivity contribution in [2.45, 2.75) is 19.4 Å². The Morgan fingerprint density at radius 3 is 3.00 bits per heavy atom. The van der Waals surface area contributed by atoms with Gasteiger partial charge in [0.25, 0.3) is 5.91 Å². The molecule has 0 aromatic carbocycles. The van der Waals surface area contributed by atoms with Gasteiger partial charge < -0.3 is 15.6 Å². The van der Waals surface area contributed by atoms with E-state index in [1.807, 2.05) is 10.8 Å². The average molecular weight is 259 g/mol. The van der Waals surface area contributed by atoms with Crippen molar-refractivity contribution in [2.75, 3.05) is 12.3 Å². The van der Waals surface area contributed by atoms with E-state index in [-0.39, 0.29) is 5.91 Å². The van der Waals surface area contributed by atoms with E-state index in [0.29, 0.717) is 18.1 Å². The van der Waals surface area contributed by atoms with Crippen LogP contribution in [0.1, 0.15) is 23.3 Å². The molecule has 0 aliphatic rings. The summed E-state index contributed by atoms with van der Waals surface area (Å²) in [6, 6.07) is 5.02. The van der Waals surface area contributed by atoms with Crippen molar-refractivity contribution in [1.82, 2.24) is 19.9 Å². The standard InChI is InChI=1S/C13H17N5O/c14-12-5-3-4-11(17-12)13(19)16-6-1-2-8-18-9-7-15-10-18/h3-5,7,9-10H,1-2,6,8H2,(H2,14,17)(H,16,19). The summed E-state index contributed by atoms with van der Waals surface area (Å²) < 4.78 is 2.02. The molecular formula is C13H17N5O. The summed E-state index contributed by atoms with van der Waals surface area (Å²) in [5, 5.41) is 2.82. The number of pyridine rings is 1. The molecule has 100 valence electrons. The fourth-order valence-corrected chi connectivity index (χ4v) is 1.71. The number of anilines is 1. The Kier molecular flexibility index (Phi) is 4.49. The lowest BCUT2D eigenvalue weighted by Gasteiger charge is -2.05. The normalized spacial score (nSPS) is 10.3. The van der Waals surface area contributed by atoms with E-state index in [2.05, 4.69) is 15.3 Å². The SMILES string of the molecule is Nc1cccc(C(=O)NCCCCn2ccnc2)n1. The molecule has 0 saturated carbocycles. The van der Waals surface area contributed by atoms with Crippen LogP contribution in [0.3, 0.4) is 0 Å². The second-order valence-corrected chi connectivity index (χ2v) is 4.21. The van der Waals surface area contributed by atoms with Gasteiger partial charge in [-0.1, -0.05) is 6.07 Å². The van der Waals surface area contributed by atoms with Gasteiger partial charge in [0.15, 0.2) is 0 Å². The molecule has 2 aromatic rings. The first-order chi connectivity index (χ1) is 9.25. The molecule has 0 aliphatic heterocycles. The number of nitrogens with zero attached hydrogens (tertiary/aromatic N) is 3. The summed E-state index contributed by atoms with van der Waals surface area (Å²) in [5.74, 6) is 0.169. The second kappa shape index (κ2) is 6.53. The number of nitrogens with one attached hydrogen (secondary N) is 1. The van der Waals surface area contributed by atoms with E-state index in [1.54, 1.807) is 30.7 Å². The highest BCUT2D eigenvalue weighted by molar-refractivity contribution is 5.92. The topological polar surface area (TPSA) is 85.8 Å². The molecule has 6 nitrogen and oxygen atoms in total. The Labute approximate surface area is 111 Å². The van der Waals surface area contributed by atoms with E-state index < -0.39 is 0 Å². The van der Waals surface area contributed by atoms with Crippen LogP contribution in [0.15, 0.2) is 36.9 Å². The van der Waals surface area contributed by atoms with Crippen LogP contribution in [0.5, 0.6) is 0 Å². The Morgan fingerprint density at radius 2 is 2.26 bits per heavy atom. The van der Waals surface area contributed by atoms with Gasteiger partial charge in [-0.2, -0.15) is 0 Å². The molecular weight excluding hydrogens is 242 g/mol. The minimum atomic E-state index is -0.185. The zero-order chi connectivity index (χ0) is 13.5. The van der Waals surface area contributed by atoms with Crippen LogP contribution in [0.25, 0.3) is 0 Å². The average Bonchev–Trinajstić information content (AvgIpc) is 2.91. The van der Waals surface area contributed by atoms with Crippen molar-refractivity contribution < 1.29 is 4.79 Å². The van der Waals surface area contributed by atoms with Gasteiger partial charge in [0.2, 0.25) is 0 Å². The first-order valence-corrected chi connectivity index (χ1v) is 6.22. The number of hydrogen-bond acceptors (Lipinski definition) is 4. The number of carbonyl (C=O) groups excluding carboxylic acids is 1. The molecule has 0 atom stereocenters. The Bertz CT molecular complexity index is 524. The van der Waals surface area contributed by atoms with E-state index in [0.717, 1.165) is 19.4 Å². The monoisotopic (exact) mass is 259 g/mol. The zero-order valence-corrected chi connectivity index (χ0v) is 10.6. The minimum Gasteiger partial charge on any atom is -0.384 e. The molecule has 0 spiro atoms. The number of nitrogens with two attached hydrogens (primary N) is 1. The van der Waals surface area contributed by atoms with Crippen molar-refractivity contribution >= 4 is 11.7 Å². The summed E-state index contributed by atoms with van der Waals surface area (Å²) in [6.45, 7) is 1.54. The van der Waals surface area contributed by atoms with Gasteiger partial charge in [0.1, 0.15) is 11.5 Å². The van der Waals surface area contributed by atoms with Crippen LogP contribution in [-0.4, -0.2) is 27.0 Å². The van der Waals surface area contributed by atoms with Crippen molar-refractivity contribution in [2.24, 2.45) is 0 Å². The summed E-state index contributed by atoms with van der Waals surface area (Å²) in [5.41, 5.74) is 5.88. The van der Waals surface area contributed by atoms with Gasteiger partial charge in [0.05, 0.1) is 6.33 Å². The first kappa shape index (κ1) is 13.1. The summed E-state index contributed by atoms with van der Waals surface area (Å²) in [6.07, 6.45) is 7.37. The molecule has 2 heterocycles. The van der Waals surface area contributed by atoms with Crippen molar-refractivity contribution in [1.29, 1.82) is 0 Å². The summed E-state index contributed by atoms with van der Waals surface area (Å²) >= 11 is 0. The summed E-state index contributed by atoms with van der Waals surface area (Å²) in [4.78, 5) is 19.7. The number of nitrogen functional groups attached to an aromatic ring is 1. The van der Waals surface area contributed by atoms with Crippen LogP contribution in [0.4, 0.5) is 5.82 Å². The van der Waals surface area contributed by atoms with Crippen LogP contribution in [0.2, 0.25) is 0 Å². The van der Waals surface area contributed by atoms with Gasteiger partial charge in [-0.15, -0.1) is 0 Å². The quantitative estimate of drug-likeness (QED) is 0.760. The first-order valence-electron chi connectivity index (χ1n) is 6.22. The van der Waals surface area contributed by atoms with Crippen LogP contribution in [0, 0.1) is 0 Å². The number of imidazole rings is 1. The molecule has 0 unspecified atom stereocenters. The lowest BCUT2D eigenvalue weighted by molar-refractivity contribution is 0.0948. The third-order valence-electron chi connectivity index (χ3n) is 2.69. The zero-order valence-electron chi connectivity index (χ0n) is 10.6. The van der Waals surface area contributed by atoms with Crippen LogP contribution < -0.4 is 11.1 Å². The third-order valence-corrected chi connectivity index (χ3v) is 2.69. The molecule has 0 bridgehead atoms.